The molecule has 1 aliphatic heterocycles. The summed E-state index contributed by atoms with van der Waals surface area (Å²) in [5.41, 5.74) is 2.52. The highest BCUT2D eigenvalue weighted by atomic mass is 35.5. The topological polar surface area (TPSA) is 60.2 Å². The fourth-order valence-corrected chi connectivity index (χ4v) is 3.74. The van der Waals surface area contributed by atoms with Gasteiger partial charge >= 0.3 is 6.03 Å². The zero-order chi connectivity index (χ0) is 17.8. The van der Waals surface area contributed by atoms with Crippen LogP contribution in [0.3, 0.4) is 0 Å². The Hall–Kier alpha value is -1.72. The third-order valence-corrected chi connectivity index (χ3v) is 5.07. The first kappa shape index (κ1) is 18.1. The van der Waals surface area contributed by atoms with E-state index in [1.54, 1.807) is 0 Å². The summed E-state index contributed by atoms with van der Waals surface area (Å²) in [6, 6.07) is 6.16. The molecule has 1 aromatic carbocycles. The highest BCUT2D eigenvalue weighted by molar-refractivity contribution is 6.31. The third kappa shape index (κ3) is 4.67. The number of nitrogens with zero attached hydrogens (tertiary/aromatic N) is 1. The molecule has 5 nitrogen and oxygen atoms in total. The Bertz CT molecular complexity index is 719. The minimum absolute atomic E-state index is 0.0812. The number of carbonyl (C=O) groups excluding carboxylic acids is 1. The van der Waals surface area contributed by atoms with Crippen LogP contribution in [0.1, 0.15) is 38.2 Å². The summed E-state index contributed by atoms with van der Waals surface area (Å²) in [7, 11) is 0. The maximum Gasteiger partial charge on any atom is 0.315 e. The van der Waals surface area contributed by atoms with Gasteiger partial charge in [-0.25, -0.2) is 4.79 Å². The number of piperidine rings is 1. The van der Waals surface area contributed by atoms with E-state index in [4.69, 9.17) is 11.6 Å². The standard InChI is InChI=1S/C19H27ClN4O/c1-13(2)23-19(25)21-7-10-24-8-5-14(6-9-24)17-12-22-18-11-15(20)3-4-16(17)18/h3-4,11-14,22H,5-10H2,1-2H3,(H2,21,23,25). The van der Waals surface area contributed by atoms with Crippen LogP contribution in [0.15, 0.2) is 24.4 Å². The first-order valence-electron chi connectivity index (χ1n) is 9.06. The van der Waals surface area contributed by atoms with Crippen molar-refractivity contribution in [2.24, 2.45) is 0 Å². The molecule has 0 bridgehead atoms. The lowest BCUT2D eigenvalue weighted by Crippen LogP contribution is -2.44. The van der Waals surface area contributed by atoms with Crippen LogP contribution in [0.2, 0.25) is 5.02 Å². The summed E-state index contributed by atoms with van der Waals surface area (Å²) < 4.78 is 0. The van der Waals surface area contributed by atoms with Crippen molar-refractivity contribution in [1.82, 2.24) is 20.5 Å². The molecule has 2 aromatic rings. The predicted octanol–water partition coefficient (Wildman–Crippen LogP) is 3.71. The molecule has 3 rings (SSSR count). The van der Waals surface area contributed by atoms with E-state index in [0.29, 0.717) is 12.5 Å². The molecule has 25 heavy (non-hydrogen) atoms. The van der Waals surface area contributed by atoms with Crippen LogP contribution < -0.4 is 10.6 Å². The van der Waals surface area contributed by atoms with Crippen molar-refractivity contribution in [3.05, 3.63) is 35.0 Å². The lowest BCUT2D eigenvalue weighted by atomic mass is 9.89. The number of H-pyrrole nitrogens is 1. The van der Waals surface area contributed by atoms with Gasteiger partial charge in [-0.2, -0.15) is 0 Å². The van der Waals surface area contributed by atoms with Gasteiger partial charge in [-0.3, -0.25) is 0 Å². The smallest absolute Gasteiger partial charge is 0.315 e. The second-order valence-electron chi connectivity index (χ2n) is 7.10. The highest BCUT2D eigenvalue weighted by Crippen LogP contribution is 2.33. The van der Waals surface area contributed by atoms with Crippen LogP contribution in [0.5, 0.6) is 0 Å². The van der Waals surface area contributed by atoms with Gasteiger partial charge in [0.25, 0.3) is 0 Å². The number of carbonyl (C=O) groups is 1. The summed E-state index contributed by atoms with van der Waals surface area (Å²) in [5.74, 6) is 0.586. The van der Waals surface area contributed by atoms with Crippen molar-refractivity contribution in [3.63, 3.8) is 0 Å². The van der Waals surface area contributed by atoms with Gasteiger partial charge in [0.2, 0.25) is 0 Å². The minimum atomic E-state index is -0.0812. The monoisotopic (exact) mass is 362 g/mol. The highest BCUT2D eigenvalue weighted by Gasteiger charge is 2.22. The number of rotatable bonds is 5. The first-order chi connectivity index (χ1) is 12.0. The number of hydrogen-bond donors (Lipinski definition) is 3. The molecule has 1 aromatic heterocycles. The van der Waals surface area contributed by atoms with Crippen molar-refractivity contribution in [2.75, 3.05) is 26.2 Å². The molecule has 1 fully saturated rings. The van der Waals surface area contributed by atoms with Crippen molar-refractivity contribution >= 4 is 28.5 Å². The molecule has 0 spiro atoms. The number of aromatic nitrogens is 1. The number of amides is 2. The summed E-state index contributed by atoms with van der Waals surface area (Å²) in [5, 5.41) is 7.82. The second kappa shape index (κ2) is 8.11. The average Bonchev–Trinajstić information content (AvgIpc) is 2.97. The molecular formula is C19H27ClN4O. The van der Waals surface area contributed by atoms with Crippen LogP contribution in [-0.4, -0.2) is 48.1 Å². The molecule has 2 heterocycles. The molecule has 0 saturated carbocycles. The largest absolute Gasteiger partial charge is 0.361 e. The van der Waals surface area contributed by atoms with E-state index in [1.807, 2.05) is 26.0 Å². The van der Waals surface area contributed by atoms with Gasteiger partial charge < -0.3 is 20.5 Å². The van der Waals surface area contributed by atoms with Crippen LogP contribution in [0.25, 0.3) is 10.9 Å². The van der Waals surface area contributed by atoms with E-state index in [9.17, 15) is 4.79 Å². The molecule has 0 atom stereocenters. The molecule has 1 saturated heterocycles. The fraction of sp³-hybridized carbons (Fsp3) is 0.526. The molecule has 2 amide bonds. The molecule has 1 aliphatic rings. The van der Waals surface area contributed by atoms with Gasteiger partial charge in [0.05, 0.1) is 0 Å². The number of hydrogen-bond acceptors (Lipinski definition) is 2. The average molecular weight is 363 g/mol. The zero-order valence-electron chi connectivity index (χ0n) is 14.9. The number of aromatic amines is 1. The van der Waals surface area contributed by atoms with Gasteiger partial charge in [0, 0.05) is 41.3 Å². The van der Waals surface area contributed by atoms with Crippen LogP contribution in [-0.2, 0) is 0 Å². The Labute approximate surface area is 154 Å². The quantitative estimate of drug-likeness (QED) is 0.759. The number of fused-ring (bicyclic) bond motifs is 1. The number of halogens is 1. The van der Waals surface area contributed by atoms with Crippen LogP contribution in [0.4, 0.5) is 4.79 Å². The summed E-state index contributed by atoms with van der Waals surface area (Å²) in [4.78, 5) is 17.4. The molecule has 3 N–H and O–H groups in total. The number of benzene rings is 1. The van der Waals surface area contributed by atoms with Gasteiger partial charge in [-0.15, -0.1) is 0 Å². The van der Waals surface area contributed by atoms with Crippen molar-refractivity contribution in [1.29, 1.82) is 0 Å². The molecule has 0 radical (unpaired) electrons. The van der Waals surface area contributed by atoms with E-state index in [0.717, 1.165) is 43.0 Å². The van der Waals surface area contributed by atoms with E-state index >= 15 is 0 Å². The maximum absolute atomic E-state index is 11.6. The van der Waals surface area contributed by atoms with Crippen molar-refractivity contribution < 1.29 is 4.79 Å². The normalized spacial score (nSPS) is 16.5. The van der Waals surface area contributed by atoms with Crippen molar-refractivity contribution in [2.45, 2.75) is 38.6 Å². The Kier molecular flexibility index (Phi) is 5.86. The third-order valence-electron chi connectivity index (χ3n) is 4.84. The number of nitrogens with one attached hydrogen (secondary N) is 3. The van der Waals surface area contributed by atoms with Crippen LogP contribution in [0, 0.1) is 0 Å². The number of urea groups is 1. The van der Waals surface area contributed by atoms with Gasteiger partial charge in [0.1, 0.15) is 0 Å². The van der Waals surface area contributed by atoms with E-state index < -0.39 is 0 Å². The fourth-order valence-electron chi connectivity index (χ4n) is 3.57. The lowest BCUT2D eigenvalue weighted by molar-refractivity contribution is 0.208. The summed E-state index contributed by atoms with van der Waals surface area (Å²) in [6.07, 6.45) is 4.43. The van der Waals surface area contributed by atoms with Crippen LogP contribution >= 0.6 is 11.6 Å². The zero-order valence-corrected chi connectivity index (χ0v) is 15.7. The molecule has 0 aliphatic carbocycles. The SMILES string of the molecule is CC(C)NC(=O)NCCN1CCC(c2c[nH]c3cc(Cl)ccc23)CC1. The molecule has 0 unspecified atom stereocenters. The second-order valence-corrected chi connectivity index (χ2v) is 7.54. The summed E-state index contributed by atoms with van der Waals surface area (Å²) >= 11 is 6.07. The Balaban J connectivity index is 1.47. The molecular weight excluding hydrogens is 336 g/mol. The Morgan fingerprint density at radius 1 is 1.36 bits per heavy atom. The lowest BCUT2D eigenvalue weighted by Gasteiger charge is -2.32. The predicted molar refractivity (Wildman–Crippen MR) is 103 cm³/mol. The van der Waals surface area contributed by atoms with Crippen molar-refractivity contribution in [3.8, 4) is 0 Å². The molecule has 136 valence electrons. The summed E-state index contributed by atoms with van der Waals surface area (Å²) in [6.45, 7) is 7.65. The maximum atomic E-state index is 11.6. The van der Waals surface area contributed by atoms with Gasteiger partial charge in [-0.05, 0) is 63.4 Å². The van der Waals surface area contributed by atoms with E-state index in [-0.39, 0.29) is 12.1 Å². The molecule has 6 heteroatoms. The minimum Gasteiger partial charge on any atom is -0.361 e. The van der Waals surface area contributed by atoms with E-state index in [1.165, 1.54) is 10.9 Å². The number of likely N-dealkylation sites (tertiary alicyclic amines) is 1. The Morgan fingerprint density at radius 3 is 2.84 bits per heavy atom. The van der Waals surface area contributed by atoms with Gasteiger partial charge in [-0.1, -0.05) is 17.7 Å². The van der Waals surface area contributed by atoms with E-state index in [2.05, 4.69) is 32.8 Å². The Morgan fingerprint density at radius 2 is 2.12 bits per heavy atom. The first-order valence-corrected chi connectivity index (χ1v) is 9.44. The van der Waals surface area contributed by atoms with Gasteiger partial charge in [0.15, 0.2) is 0 Å².